The third-order valence-corrected chi connectivity index (χ3v) is 3.83. The third-order valence-electron chi connectivity index (χ3n) is 3.18. The van der Waals surface area contributed by atoms with Crippen molar-refractivity contribution in [1.82, 2.24) is 0 Å². The van der Waals surface area contributed by atoms with Gasteiger partial charge in [-0.15, -0.1) is 0 Å². The molecule has 0 amide bonds. The highest BCUT2D eigenvalue weighted by atomic mass is 79.9. The third kappa shape index (κ3) is 0.500. The second kappa shape index (κ2) is 1.29. The number of halogens is 1. The highest BCUT2D eigenvalue weighted by Crippen LogP contribution is 2.77. The Morgan fingerprint density at radius 3 is 2.89 bits per heavy atom. The number of hydrogen-bond donors (Lipinski definition) is 0. The Morgan fingerprint density at radius 1 is 1.33 bits per heavy atom. The maximum absolute atomic E-state index is 3.58. The molecule has 48 valence electrons. The van der Waals surface area contributed by atoms with Crippen LogP contribution in [-0.4, -0.2) is 0 Å². The Morgan fingerprint density at radius 2 is 2.11 bits per heavy atom. The van der Waals surface area contributed by atoms with Crippen LogP contribution < -0.4 is 0 Å². The van der Waals surface area contributed by atoms with E-state index in [0.717, 1.165) is 11.8 Å². The molecule has 0 aromatic carbocycles. The van der Waals surface area contributed by atoms with E-state index in [-0.39, 0.29) is 0 Å². The summed E-state index contributed by atoms with van der Waals surface area (Å²) in [6.45, 7) is 0. The molecule has 0 aromatic heterocycles. The van der Waals surface area contributed by atoms with Gasteiger partial charge in [-0.1, -0.05) is 22.0 Å². The van der Waals surface area contributed by atoms with Gasteiger partial charge in [-0.25, -0.2) is 0 Å². The normalized spacial score (nSPS) is 59.4. The molecule has 9 heavy (non-hydrogen) atoms. The van der Waals surface area contributed by atoms with Gasteiger partial charge in [0.1, 0.15) is 0 Å². The molecule has 2 saturated carbocycles. The van der Waals surface area contributed by atoms with Crippen LogP contribution in [-0.2, 0) is 0 Å². The van der Waals surface area contributed by atoms with Gasteiger partial charge in [-0.05, 0) is 41.0 Å². The molecule has 4 aliphatic carbocycles. The van der Waals surface area contributed by atoms with Crippen LogP contribution in [0.4, 0.5) is 0 Å². The lowest BCUT2D eigenvalue weighted by atomic mass is 10.0. The molecule has 0 N–H and O–H groups in total. The molecule has 1 heteroatoms. The quantitative estimate of drug-likeness (QED) is 0.544. The Hall–Kier alpha value is 0.220. The van der Waals surface area contributed by atoms with Crippen molar-refractivity contribution in [2.75, 3.05) is 0 Å². The van der Waals surface area contributed by atoms with Crippen LogP contribution in [0.2, 0.25) is 0 Å². The van der Waals surface area contributed by atoms with E-state index in [1.165, 1.54) is 29.2 Å². The summed E-state index contributed by atoms with van der Waals surface area (Å²) < 4.78 is 1.47. The van der Waals surface area contributed by atoms with Crippen molar-refractivity contribution in [2.24, 2.45) is 23.7 Å². The fourth-order valence-electron chi connectivity index (χ4n) is 2.50. The zero-order valence-corrected chi connectivity index (χ0v) is 6.76. The van der Waals surface area contributed by atoms with Crippen LogP contribution >= 0.6 is 15.9 Å². The van der Waals surface area contributed by atoms with Crippen LogP contribution in [0.3, 0.4) is 0 Å². The van der Waals surface area contributed by atoms with Gasteiger partial charge in [-0.3, -0.25) is 0 Å². The number of rotatable bonds is 0. The molecule has 0 saturated heterocycles. The van der Waals surface area contributed by atoms with Gasteiger partial charge < -0.3 is 0 Å². The summed E-state index contributed by atoms with van der Waals surface area (Å²) in [5, 5.41) is 0. The largest absolute Gasteiger partial charge is 0.0741 e. The van der Waals surface area contributed by atoms with Gasteiger partial charge in [0.15, 0.2) is 0 Å². The van der Waals surface area contributed by atoms with E-state index < -0.39 is 0 Å². The lowest BCUT2D eigenvalue weighted by Crippen LogP contribution is -1.94. The van der Waals surface area contributed by atoms with Gasteiger partial charge in [0, 0.05) is 0 Å². The average Bonchev–Trinajstić information content (AvgIpc) is 2.53. The summed E-state index contributed by atoms with van der Waals surface area (Å²) in [4.78, 5) is 0. The van der Waals surface area contributed by atoms with Crippen molar-refractivity contribution < 1.29 is 0 Å². The lowest BCUT2D eigenvalue weighted by molar-refractivity contribution is 0.496. The highest BCUT2D eigenvalue weighted by molar-refractivity contribution is 9.11. The average molecular weight is 185 g/mol. The first-order valence-corrected chi connectivity index (χ1v) is 4.52. The molecule has 2 bridgehead atoms. The highest BCUT2D eigenvalue weighted by Gasteiger charge is 2.72. The van der Waals surface area contributed by atoms with E-state index in [1.807, 2.05) is 0 Å². The van der Waals surface area contributed by atoms with Crippen molar-refractivity contribution in [1.29, 1.82) is 0 Å². The molecule has 2 unspecified atom stereocenters. The first-order chi connectivity index (χ1) is 4.38. The van der Waals surface area contributed by atoms with E-state index in [9.17, 15) is 0 Å². The predicted molar refractivity (Wildman–Crippen MR) is 40.2 cm³/mol. The van der Waals surface area contributed by atoms with Crippen molar-refractivity contribution >= 4 is 15.9 Å². The van der Waals surface area contributed by atoms with Gasteiger partial charge in [0.25, 0.3) is 0 Å². The van der Waals surface area contributed by atoms with Crippen LogP contribution in [0.5, 0.6) is 0 Å². The van der Waals surface area contributed by atoms with Gasteiger partial charge in [0.2, 0.25) is 0 Å². The molecule has 2 fully saturated rings. The Balaban J connectivity index is 1.90. The first-order valence-electron chi connectivity index (χ1n) is 3.72. The number of allylic oxidation sites excluding steroid dienone is 2. The van der Waals surface area contributed by atoms with Crippen LogP contribution in [0.1, 0.15) is 12.8 Å². The van der Waals surface area contributed by atoms with Crippen molar-refractivity contribution in [3.63, 3.8) is 0 Å². The molecule has 4 rings (SSSR count). The molecule has 0 heterocycles. The summed E-state index contributed by atoms with van der Waals surface area (Å²) in [6, 6.07) is 0. The maximum Gasteiger partial charge on any atom is -0.00861 e. The molecule has 0 aromatic rings. The smallest absolute Gasteiger partial charge is 0.00861 e. The molecular formula is C8H9Br. The SMILES string of the molecule is BrC1=CCC2C3C(C1)C23. The minimum atomic E-state index is 1.11. The summed E-state index contributed by atoms with van der Waals surface area (Å²) in [5.74, 6) is 4.60. The molecule has 2 atom stereocenters. The van der Waals surface area contributed by atoms with Gasteiger partial charge in [0.05, 0.1) is 0 Å². The Bertz CT molecular complexity index is 185. The number of hydrogen-bond acceptors (Lipinski definition) is 0. The monoisotopic (exact) mass is 184 g/mol. The molecular weight excluding hydrogens is 176 g/mol. The topological polar surface area (TPSA) is 0 Å². The molecule has 0 aliphatic heterocycles. The fraction of sp³-hybridized carbons (Fsp3) is 0.750. The minimum Gasteiger partial charge on any atom is -0.0741 e. The molecule has 0 radical (unpaired) electrons. The second-order valence-corrected chi connectivity index (χ2v) is 4.59. The zero-order chi connectivity index (χ0) is 6.01. The minimum absolute atomic E-state index is 1.11. The van der Waals surface area contributed by atoms with Gasteiger partial charge >= 0.3 is 0 Å². The van der Waals surface area contributed by atoms with Crippen LogP contribution in [0.15, 0.2) is 10.6 Å². The van der Waals surface area contributed by atoms with Crippen molar-refractivity contribution in [2.45, 2.75) is 12.8 Å². The zero-order valence-electron chi connectivity index (χ0n) is 5.18. The van der Waals surface area contributed by atoms with Crippen molar-refractivity contribution in [3.05, 3.63) is 10.6 Å². The summed E-state index contributed by atoms with van der Waals surface area (Å²) >= 11 is 3.58. The van der Waals surface area contributed by atoms with Crippen LogP contribution in [0.25, 0.3) is 0 Å². The summed E-state index contributed by atoms with van der Waals surface area (Å²) in [5.41, 5.74) is 0. The molecule has 4 aliphatic rings. The fourth-order valence-corrected chi connectivity index (χ4v) is 3.07. The maximum atomic E-state index is 3.58. The summed E-state index contributed by atoms with van der Waals surface area (Å²) in [6.07, 6.45) is 5.10. The molecule has 0 spiro atoms. The molecule has 0 nitrogen and oxygen atoms in total. The summed E-state index contributed by atoms with van der Waals surface area (Å²) in [7, 11) is 0. The first kappa shape index (κ1) is 4.95. The Kier molecular flexibility index (Phi) is 0.710. The predicted octanol–water partition coefficient (Wildman–Crippen LogP) is 2.55. The van der Waals surface area contributed by atoms with Crippen LogP contribution in [0, 0.1) is 23.7 Å². The van der Waals surface area contributed by atoms with Gasteiger partial charge in [-0.2, -0.15) is 0 Å². The van der Waals surface area contributed by atoms with Crippen molar-refractivity contribution in [3.8, 4) is 0 Å². The van der Waals surface area contributed by atoms with E-state index in [1.54, 1.807) is 0 Å². The standard InChI is InChI=1S/C8H9Br/c9-4-1-2-5-7-6(3-4)8(5)7/h1,5-8H,2-3H2. The Labute approximate surface area is 63.5 Å². The number of fused-ring (bicyclic) bond motifs is 2. The van der Waals surface area contributed by atoms with E-state index in [2.05, 4.69) is 22.0 Å². The van der Waals surface area contributed by atoms with E-state index in [0.29, 0.717) is 0 Å². The van der Waals surface area contributed by atoms with E-state index >= 15 is 0 Å². The lowest BCUT2D eigenvalue weighted by Gasteiger charge is -2.01. The second-order valence-electron chi connectivity index (χ2n) is 3.57. The van der Waals surface area contributed by atoms with E-state index in [4.69, 9.17) is 0 Å².